The van der Waals surface area contributed by atoms with Crippen LogP contribution in [-0.2, 0) is 10.0 Å². The number of nitrogens with zero attached hydrogens (tertiary/aromatic N) is 2. The van der Waals surface area contributed by atoms with Crippen LogP contribution in [0.15, 0.2) is 79.0 Å². The minimum Gasteiger partial charge on any atom is -0.484 e. The fraction of sp³-hybridized carbons (Fsp3) is 0.269. The highest BCUT2D eigenvalue weighted by molar-refractivity contribution is 7.89. The molecule has 2 atom stereocenters. The molecule has 0 saturated carbocycles. The van der Waals surface area contributed by atoms with Gasteiger partial charge in [-0.2, -0.15) is 5.10 Å². The van der Waals surface area contributed by atoms with Crippen molar-refractivity contribution in [2.24, 2.45) is 0 Å². The van der Waals surface area contributed by atoms with Crippen LogP contribution in [-0.4, -0.2) is 30.0 Å². The summed E-state index contributed by atoms with van der Waals surface area (Å²) in [5.74, 6) is 0.381. The van der Waals surface area contributed by atoms with Gasteiger partial charge < -0.3 is 4.74 Å². The Bertz CT molecular complexity index is 1340. The number of aromatic nitrogens is 2. The third-order valence-electron chi connectivity index (χ3n) is 5.59. The van der Waals surface area contributed by atoms with Crippen molar-refractivity contribution in [3.63, 3.8) is 0 Å². The normalized spacial score (nSPS) is 13.6. The predicted octanol–water partition coefficient (Wildman–Crippen LogP) is 5.39. The monoisotopic (exact) mass is 481 g/mol. The highest BCUT2D eigenvalue weighted by atomic mass is 32.2. The molecule has 34 heavy (non-hydrogen) atoms. The van der Waals surface area contributed by atoms with Crippen molar-refractivity contribution in [2.75, 3.05) is 5.75 Å². The summed E-state index contributed by atoms with van der Waals surface area (Å²) >= 11 is 0. The average Bonchev–Trinajstić information content (AvgIpc) is 3.25. The fourth-order valence-electron chi connectivity index (χ4n) is 3.86. The average molecular weight is 482 g/mol. The van der Waals surface area contributed by atoms with E-state index in [1.165, 1.54) is 12.1 Å². The number of benzene rings is 3. The van der Waals surface area contributed by atoms with Crippen LogP contribution in [0.1, 0.15) is 38.4 Å². The molecule has 4 rings (SSSR count). The van der Waals surface area contributed by atoms with E-state index in [2.05, 4.69) is 9.82 Å². The first kappa shape index (κ1) is 23.9. The fourth-order valence-corrected chi connectivity index (χ4v) is 5.34. The molecule has 3 aromatic carbocycles. The Balaban J connectivity index is 1.61. The summed E-state index contributed by atoms with van der Waals surface area (Å²) in [5.41, 5.74) is 2.47. The van der Waals surface area contributed by atoms with E-state index in [0.29, 0.717) is 12.2 Å². The molecule has 0 aliphatic rings. The number of ether oxygens (including phenoxy) is 1. The van der Waals surface area contributed by atoms with E-state index in [1.807, 2.05) is 62.4 Å². The van der Waals surface area contributed by atoms with Crippen LogP contribution in [0, 0.1) is 5.82 Å². The lowest BCUT2D eigenvalue weighted by atomic mass is 10.0. The van der Waals surface area contributed by atoms with Gasteiger partial charge in [0.15, 0.2) is 0 Å². The summed E-state index contributed by atoms with van der Waals surface area (Å²) in [5, 5.41) is 5.28. The molecule has 0 fully saturated rings. The summed E-state index contributed by atoms with van der Waals surface area (Å²) in [6.45, 7) is 3.77. The molecule has 0 radical (unpaired) electrons. The van der Waals surface area contributed by atoms with Gasteiger partial charge in [0.1, 0.15) is 17.7 Å². The van der Waals surface area contributed by atoms with Crippen LogP contribution >= 0.6 is 0 Å². The predicted molar refractivity (Wildman–Crippen MR) is 132 cm³/mol. The third-order valence-corrected chi connectivity index (χ3v) is 7.15. The van der Waals surface area contributed by atoms with Crippen LogP contribution in [0.3, 0.4) is 0 Å². The maximum absolute atomic E-state index is 13.3. The Morgan fingerprint density at radius 1 is 1.06 bits per heavy atom. The minimum atomic E-state index is -3.42. The number of sulfonamides is 1. The third kappa shape index (κ3) is 5.63. The maximum atomic E-state index is 13.3. The van der Waals surface area contributed by atoms with Gasteiger partial charge in [0.2, 0.25) is 10.0 Å². The molecule has 0 aliphatic heterocycles. The van der Waals surface area contributed by atoms with Crippen molar-refractivity contribution in [1.29, 1.82) is 0 Å². The molecule has 1 N–H and O–H groups in total. The lowest BCUT2D eigenvalue weighted by molar-refractivity contribution is 0.173. The first-order chi connectivity index (χ1) is 16.4. The van der Waals surface area contributed by atoms with Gasteiger partial charge >= 0.3 is 0 Å². The number of unbranched alkanes of at least 4 members (excludes halogenated alkanes) is 1. The van der Waals surface area contributed by atoms with Gasteiger partial charge in [-0.3, -0.25) is 0 Å². The molecule has 4 aromatic rings. The Kier molecular flexibility index (Phi) is 7.29. The summed E-state index contributed by atoms with van der Waals surface area (Å²) in [4.78, 5) is 0. The molecule has 0 amide bonds. The SMILES string of the molecule is CCCCS(=O)(=O)NC(C)C(Oc1ccc2c(cnn2-c2ccc(F)cc2)c1)c1ccccc1. The molecule has 8 heteroatoms. The van der Waals surface area contributed by atoms with E-state index in [0.717, 1.165) is 28.6 Å². The Labute approximate surface area is 199 Å². The van der Waals surface area contributed by atoms with E-state index >= 15 is 0 Å². The number of hydrogen-bond acceptors (Lipinski definition) is 4. The van der Waals surface area contributed by atoms with Gasteiger partial charge in [0.25, 0.3) is 0 Å². The molecule has 178 valence electrons. The smallest absolute Gasteiger partial charge is 0.211 e. The number of rotatable bonds is 10. The van der Waals surface area contributed by atoms with Crippen molar-refractivity contribution in [3.05, 3.63) is 90.4 Å². The summed E-state index contributed by atoms with van der Waals surface area (Å²) in [6, 6.07) is 20.8. The zero-order valence-electron chi connectivity index (χ0n) is 19.2. The Morgan fingerprint density at radius 3 is 2.50 bits per heavy atom. The molecule has 0 aliphatic carbocycles. The molecule has 1 heterocycles. The first-order valence-electron chi connectivity index (χ1n) is 11.3. The molecule has 6 nitrogen and oxygen atoms in total. The second-order valence-electron chi connectivity index (χ2n) is 8.28. The molecule has 1 aromatic heterocycles. The van der Waals surface area contributed by atoms with Crippen molar-refractivity contribution in [2.45, 2.75) is 38.8 Å². The van der Waals surface area contributed by atoms with Crippen LogP contribution in [0.5, 0.6) is 5.75 Å². The number of fused-ring (bicyclic) bond motifs is 1. The standard InChI is InChI=1S/C26H28FN3O3S/c1-3-4-16-34(31,32)29-19(2)26(20-8-6-5-7-9-20)33-24-14-15-25-21(17-24)18-28-30(25)23-12-10-22(27)11-13-23/h5-15,17-19,26,29H,3-4,16H2,1-2H3. The zero-order chi connectivity index (χ0) is 24.1. The number of hydrogen-bond donors (Lipinski definition) is 1. The van der Waals surface area contributed by atoms with Crippen LogP contribution in [0.4, 0.5) is 4.39 Å². The quantitative estimate of drug-likeness (QED) is 0.329. The number of halogens is 1. The summed E-state index contributed by atoms with van der Waals surface area (Å²) < 4.78 is 49.2. The van der Waals surface area contributed by atoms with Crippen molar-refractivity contribution < 1.29 is 17.5 Å². The van der Waals surface area contributed by atoms with Crippen molar-refractivity contribution in [3.8, 4) is 11.4 Å². The lowest BCUT2D eigenvalue weighted by Gasteiger charge is -2.26. The van der Waals surface area contributed by atoms with E-state index in [9.17, 15) is 12.8 Å². The molecule has 0 saturated heterocycles. The van der Waals surface area contributed by atoms with Crippen molar-refractivity contribution >= 4 is 20.9 Å². The van der Waals surface area contributed by atoms with Gasteiger partial charge in [-0.25, -0.2) is 22.2 Å². The highest BCUT2D eigenvalue weighted by Crippen LogP contribution is 2.29. The van der Waals surface area contributed by atoms with Gasteiger partial charge in [-0.1, -0.05) is 43.7 Å². The van der Waals surface area contributed by atoms with E-state index in [4.69, 9.17) is 4.74 Å². The van der Waals surface area contributed by atoms with Crippen molar-refractivity contribution in [1.82, 2.24) is 14.5 Å². The van der Waals surface area contributed by atoms with Crippen LogP contribution in [0.25, 0.3) is 16.6 Å². The van der Waals surface area contributed by atoms with E-state index in [1.54, 1.807) is 23.0 Å². The minimum absolute atomic E-state index is 0.0872. The van der Waals surface area contributed by atoms with E-state index in [-0.39, 0.29) is 11.6 Å². The van der Waals surface area contributed by atoms with E-state index < -0.39 is 22.2 Å². The van der Waals surface area contributed by atoms with Gasteiger partial charge in [0, 0.05) is 5.39 Å². The molecule has 2 unspecified atom stereocenters. The Morgan fingerprint density at radius 2 is 1.79 bits per heavy atom. The van der Waals surface area contributed by atoms with Crippen LogP contribution in [0.2, 0.25) is 0 Å². The van der Waals surface area contributed by atoms with Gasteiger partial charge in [0.05, 0.1) is 29.2 Å². The molecular weight excluding hydrogens is 453 g/mol. The largest absolute Gasteiger partial charge is 0.484 e. The zero-order valence-corrected chi connectivity index (χ0v) is 20.0. The Hall–Kier alpha value is -3.23. The topological polar surface area (TPSA) is 73.2 Å². The summed E-state index contributed by atoms with van der Waals surface area (Å²) in [7, 11) is -3.42. The number of nitrogens with one attached hydrogen (secondary N) is 1. The first-order valence-corrected chi connectivity index (χ1v) is 13.0. The molecular formula is C26H28FN3O3S. The summed E-state index contributed by atoms with van der Waals surface area (Å²) in [6.07, 6.45) is 2.61. The molecule has 0 spiro atoms. The second kappa shape index (κ2) is 10.4. The molecule has 0 bridgehead atoms. The van der Waals surface area contributed by atoms with Crippen LogP contribution < -0.4 is 9.46 Å². The maximum Gasteiger partial charge on any atom is 0.211 e. The lowest BCUT2D eigenvalue weighted by Crippen LogP contribution is -2.40. The van der Waals surface area contributed by atoms with Gasteiger partial charge in [-0.15, -0.1) is 0 Å². The van der Waals surface area contributed by atoms with Gasteiger partial charge in [-0.05, 0) is 61.4 Å². The highest BCUT2D eigenvalue weighted by Gasteiger charge is 2.25. The second-order valence-corrected chi connectivity index (χ2v) is 10.2.